The van der Waals surface area contributed by atoms with Crippen molar-refractivity contribution in [3.63, 3.8) is 0 Å². The maximum absolute atomic E-state index is 12.8. The minimum atomic E-state index is -0.899. The number of hydrogen-bond donors (Lipinski definition) is 3. The summed E-state index contributed by atoms with van der Waals surface area (Å²) in [5.41, 5.74) is 1.51. The van der Waals surface area contributed by atoms with Gasteiger partial charge in [-0.3, -0.25) is 0 Å². The van der Waals surface area contributed by atoms with Gasteiger partial charge in [0.15, 0.2) is 0 Å². The Balaban J connectivity index is 1.75. The minimum Gasteiger partial charge on any atom is -0.491 e. The van der Waals surface area contributed by atoms with Crippen molar-refractivity contribution in [1.29, 1.82) is 0 Å². The van der Waals surface area contributed by atoms with Crippen LogP contribution in [-0.2, 0) is 11.3 Å². The normalized spacial score (nSPS) is 11.7. The lowest BCUT2D eigenvalue weighted by Crippen LogP contribution is -2.37. The third-order valence-corrected chi connectivity index (χ3v) is 3.48. The van der Waals surface area contributed by atoms with Crippen molar-refractivity contribution in [1.82, 2.24) is 5.32 Å². The molecule has 0 saturated heterocycles. The second-order valence-electron chi connectivity index (χ2n) is 5.55. The first-order chi connectivity index (χ1) is 12.6. The molecule has 2 amide bonds. The summed E-state index contributed by atoms with van der Waals surface area (Å²) < 4.78 is 23.5. The highest BCUT2D eigenvalue weighted by atomic mass is 19.1. The first-order valence-corrected chi connectivity index (χ1v) is 8.35. The van der Waals surface area contributed by atoms with Gasteiger partial charge in [-0.25, -0.2) is 9.18 Å². The van der Waals surface area contributed by atoms with Gasteiger partial charge in [-0.2, -0.15) is 0 Å². The molecule has 2 rings (SSSR count). The van der Waals surface area contributed by atoms with Gasteiger partial charge >= 0.3 is 6.03 Å². The second-order valence-corrected chi connectivity index (χ2v) is 5.55. The van der Waals surface area contributed by atoms with Crippen molar-refractivity contribution in [3.05, 3.63) is 59.9 Å². The van der Waals surface area contributed by atoms with E-state index in [-0.39, 0.29) is 19.0 Å². The smallest absolute Gasteiger partial charge is 0.319 e. The van der Waals surface area contributed by atoms with E-state index in [1.54, 1.807) is 6.07 Å². The van der Waals surface area contributed by atoms with Crippen molar-refractivity contribution in [3.8, 4) is 5.75 Å². The van der Waals surface area contributed by atoms with E-state index in [1.165, 1.54) is 24.3 Å². The molecular weight excluding hydrogens is 339 g/mol. The van der Waals surface area contributed by atoms with E-state index in [9.17, 15) is 14.3 Å². The number of carbonyl (C=O) groups excluding carboxylic acids is 1. The lowest BCUT2D eigenvalue weighted by Gasteiger charge is -2.15. The Bertz CT molecular complexity index is 694. The van der Waals surface area contributed by atoms with Crippen molar-refractivity contribution < 1.29 is 23.8 Å². The number of rotatable bonds is 9. The van der Waals surface area contributed by atoms with Crippen LogP contribution in [0.25, 0.3) is 0 Å². The van der Waals surface area contributed by atoms with E-state index in [0.29, 0.717) is 24.7 Å². The summed E-state index contributed by atoms with van der Waals surface area (Å²) in [5, 5.41) is 15.2. The number of anilines is 1. The summed E-state index contributed by atoms with van der Waals surface area (Å²) in [4.78, 5) is 12.0. The fourth-order valence-corrected chi connectivity index (χ4v) is 2.14. The molecule has 0 aliphatic carbocycles. The standard InChI is InChI=1S/C19H23FN2O4/c1-2-25-12-14-5-3-4-6-18(14)22-19(24)21-11-16(23)13-26-17-9-7-15(20)8-10-17/h3-10,16,23H,2,11-13H2,1H3,(H2,21,22,24). The van der Waals surface area contributed by atoms with Crippen LogP contribution >= 0.6 is 0 Å². The number of hydrogen-bond acceptors (Lipinski definition) is 4. The summed E-state index contributed by atoms with van der Waals surface area (Å²) in [6.45, 7) is 2.88. The molecule has 0 aliphatic rings. The molecule has 0 aromatic heterocycles. The first-order valence-electron chi connectivity index (χ1n) is 8.35. The van der Waals surface area contributed by atoms with Gasteiger partial charge in [-0.1, -0.05) is 18.2 Å². The maximum Gasteiger partial charge on any atom is 0.319 e. The number of benzene rings is 2. The number of halogens is 1. The molecule has 0 spiro atoms. The van der Waals surface area contributed by atoms with Crippen LogP contribution in [0.4, 0.5) is 14.9 Å². The molecule has 7 heteroatoms. The second kappa shape index (κ2) is 10.4. The first kappa shape index (κ1) is 19.7. The Hall–Kier alpha value is -2.64. The minimum absolute atomic E-state index is 0.0145. The van der Waals surface area contributed by atoms with Gasteiger partial charge in [-0.15, -0.1) is 0 Å². The lowest BCUT2D eigenvalue weighted by molar-refractivity contribution is 0.108. The summed E-state index contributed by atoms with van der Waals surface area (Å²) in [6.07, 6.45) is -0.899. The predicted molar refractivity (Wildman–Crippen MR) is 96.7 cm³/mol. The van der Waals surface area contributed by atoms with Crippen molar-refractivity contribution >= 4 is 11.7 Å². The predicted octanol–water partition coefficient (Wildman–Crippen LogP) is 2.92. The molecule has 0 radical (unpaired) electrons. The zero-order chi connectivity index (χ0) is 18.8. The molecule has 2 aromatic carbocycles. The molecular formula is C19H23FN2O4. The summed E-state index contributed by atoms with van der Waals surface area (Å²) in [7, 11) is 0. The van der Waals surface area contributed by atoms with Gasteiger partial charge in [0.1, 0.15) is 24.3 Å². The molecule has 0 heterocycles. The molecule has 0 fully saturated rings. The van der Waals surface area contributed by atoms with Crippen LogP contribution in [0.15, 0.2) is 48.5 Å². The molecule has 26 heavy (non-hydrogen) atoms. The van der Waals surface area contributed by atoms with Gasteiger partial charge in [0, 0.05) is 24.4 Å². The molecule has 2 aromatic rings. The van der Waals surface area contributed by atoms with Crippen LogP contribution in [0.5, 0.6) is 5.75 Å². The lowest BCUT2D eigenvalue weighted by atomic mass is 10.2. The van der Waals surface area contributed by atoms with Gasteiger partial charge in [0.25, 0.3) is 0 Å². The molecule has 6 nitrogen and oxygen atoms in total. The number of nitrogens with one attached hydrogen (secondary N) is 2. The van der Waals surface area contributed by atoms with Gasteiger partial charge in [-0.05, 0) is 37.3 Å². The number of urea groups is 1. The van der Waals surface area contributed by atoms with Crippen molar-refractivity contribution in [2.45, 2.75) is 19.6 Å². The molecule has 0 saturated carbocycles. The van der Waals surface area contributed by atoms with Crippen LogP contribution in [-0.4, -0.2) is 37.0 Å². The van der Waals surface area contributed by atoms with E-state index in [2.05, 4.69) is 10.6 Å². The van der Waals surface area contributed by atoms with Crippen molar-refractivity contribution in [2.24, 2.45) is 0 Å². The summed E-state index contributed by atoms with van der Waals surface area (Å²) in [6, 6.07) is 12.4. The van der Waals surface area contributed by atoms with Gasteiger partial charge < -0.3 is 25.2 Å². The molecule has 0 aliphatic heterocycles. The quantitative estimate of drug-likeness (QED) is 0.641. The topological polar surface area (TPSA) is 79.8 Å². The number of amides is 2. The molecule has 0 bridgehead atoms. The number of para-hydroxylation sites is 1. The Morgan fingerprint density at radius 2 is 1.92 bits per heavy atom. The molecule has 1 atom stereocenters. The van der Waals surface area contributed by atoms with E-state index in [4.69, 9.17) is 9.47 Å². The fourth-order valence-electron chi connectivity index (χ4n) is 2.14. The number of ether oxygens (including phenoxy) is 2. The van der Waals surface area contributed by atoms with Crippen LogP contribution in [0, 0.1) is 5.82 Å². The third-order valence-electron chi connectivity index (χ3n) is 3.48. The number of aliphatic hydroxyl groups is 1. The van der Waals surface area contributed by atoms with Gasteiger partial charge in [0.05, 0.1) is 6.61 Å². The average Bonchev–Trinajstić information content (AvgIpc) is 2.65. The largest absolute Gasteiger partial charge is 0.491 e. The van der Waals surface area contributed by atoms with Crippen molar-refractivity contribution in [2.75, 3.05) is 25.1 Å². The molecule has 140 valence electrons. The maximum atomic E-state index is 12.8. The average molecular weight is 362 g/mol. The Kier molecular flexibility index (Phi) is 7.85. The fraction of sp³-hybridized carbons (Fsp3) is 0.316. The van der Waals surface area contributed by atoms with E-state index >= 15 is 0 Å². The summed E-state index contributed by atoms with van der Waals surface area (Å²) >= 11 is 0. The highest BCUT2D eigenvalue weighted by Gasteiger charge is 2.10. The van der Waals surface area contributed by atoms with E-state index in [1.807, 2.05) is 25.1 Å². The summed E-state index contributed by atoms with van der Waals surface area (Å²) in [5.74, 6) is 0.0839. The SMILES string of the molecule is CCOCc1ccccc1NC(=O)NCC(O)COc1ccc(F)cc1. The van der Waals surface area contributed by atoms with Crippen LogP contribution in [0.2, 0.25) is 0 Å². The van der Waals surface area contributed by atoms with Gasteiger partial charge in [0.2, 0.25) is 0 Å². The molecule has 1 unspecified atom stereocenters. The number of carbonyl (C=O) groups is 1. The van der Waals surface area contributed by atoms with Crippen LogP contribution in [0.1, 0.15) is 12.5 Å². The highest BCUT2D eigenvalue weighted by Crippen LogP contribution is 2.16. The zero-order valence-corrected chi connectivity index (χ0v) is 14.6. The zero-order valence-electron chi connectivity index (χ0n) is 14.6. The van der Waals surface area contributed by atoms with E-state index < -0.39 is 12.1 Å². The highest BCUT2D eigenvalue weighted by molar-refractivity contribution is 5.90. The Labute approximate surface area is 151 Å². The third kappa shape index (κ3) is 6.70. The molecule has 3 N–H and O–H groups in total. The van der Waals surface area contributed by atoms with Crippen LogP contribution < -0.4 is 15.4 Å². The Morgan fingerprint density at radius 1 is 1.19 bits per heavy atom. The van der Waals surface area contributed by atoms with E-state index in [0.717, 1.165) is 5.56 Å². The Morgan fingerprint density at radius 3 is 2.65 bits per heavy atom. The number of aliphatic hydroxyl groups excluding tert-OH is 1. The monoisotopic (exact) mass is 362 g/mol. The van der Waals surface area contributed by atoms with Crippen LogP contribution in [0.3, 0.4) is 0 Å².